The van der Waals surface area contributed by atoms with Crippen molar-refractivity contribution in [1.82, 2.24) is 9.97 Å². The summed E-state index contributed by atoms with van der Waals surface area (Å²) in [5, 5.41) is 9.92. The van der Waals surface area contributed by atoms with Crippen LogP contribution in [0, 0.1) is 16.7 Å². The van der Waals surface area contributed by atoms with E-state index in [4.69, 9.17) is 9.97 Å². The van der Waals surface area contributed by atoms with E-state index in [1.54, 1.807) is 0 Å². The molecule has 0 unspecified atom stereocenters. The van der Waals surface area contributed by atoms with Crippen molar-refractivity contribution in [2.75, 3.05) is 0 Å². The molecular formula is C32H47N3. The molecule has 0 aliphatic heterocycles. The van der Waals surface area contributed by atoms with Crippen molar-refractivity contribution < 1.29 is 0 Å². The molecule has 3 heteroatoms. The summed E-state index contributed by atoms with van der Waals surface area (Å²) in [4.78, 5) is 9.53. The van der Waals surface area contributed by atoms with Gasteiger partial charge in [-0.05, 0) is 56.1 Å². The Labute approximate surface area is 214 Å². The molecule has 3 rings (SSSR count). The predicted molar refractivity (Wildman–Crippen MR) is 147 cm³/mol. The number of nitriles is 1. The van der Waals surface area contributed by atoms with E-state index in [1.807, 2.05) is 12.4 Å². The molecule has 1 aliphatic rings. The molecule has 0 N–H and O–H groups in total. The minimum Gasteiger partial charge on any atom is -0.240 e. The van der Waals surface area contributed by atoms with Crippen LogP contribution in [0.4, 0.5) is 0 Å². The van der Waals surface area contributed by atoms with Gasteiger partial charge in [0.1, 0.15) is 5.82 Å². The van der Waals surface area contributed by atoms with E-state index in [0.717, 1.165) is 43.5 Å². The predicted octanol–water partition coefficient (Wildman–Crippen LogP) is 9.57. The van der Waals surface area contributed by atoms with E-state index in [1.165, 1.54) is 88.2 Å². The molecule has 1 heterocycles. The van der Waals surface area contributed by atoms with Crippen LogP contribution in [-0.2, 0) is 6.42 Å². The lowest BCUT2D eigenvalue weighted by Crippen LogP contribution is -2.26. The van der Waals surface area contributed by atoms with E-state index < -0.39 is 0 Å². The molecule has 1 saturated carbocycles. The third kappa shape index (κ3) is 8.75. The quantitative estimate of drug-likeness (QED) is 0.242. The maximum Gasteiger partial charge on any atom is 0.131 e. The number of benzene rings is 1. The first-order valence-corrected chi connectivity index (χ1v) is 14.5. The summed E-state index contributed by atoms with van der Waals surface area (Å²) in [6.07, 6.45) is 24.7. The fourth-order valence-electron chi connectivity index (χ4n) is 5.58. The minimum atomic E-state index is -0.112. The first-order chi connectivity index (χ1) is 17.2. The zero-order valence-electron chi connectivity index (χ0n) is 22.4. The highest BCUT2D eigenvalue weighted by atomic mass is 14.9. The molecular weight excluding hydrogens is 426 g/mol. The standard InChI is InChI=1S/C32H47N3/c1-3-5-7-9-11-13-21-32(26-33)22-19-29(20-23-32)31-34-24-30(25-35-31)28-17-15-27(16-18-28)14-12-10-8-6-4-2/h15-18,24-25,29H,3-14,19-23H2,1-2H3. The van der Waals surface area contributed by atoms with Crippen LogP contribution < -0.4 is 0 Å². The summed E-state index contributed by atoms with van der Waals surface area (Å²) < 4.78 is 0. The van der Waals surface area contributed by atoms with Crippen molar-refractivity contribution in [3.63, 3.8) is 0 Å². The van der Waals surface area contributed by atoms with Crippen molar-refractivity contribution in [2.24, 2.45) is 5.41 Å². The Morgan fingerprint density at radius 3 is 1.94 bits per heavy atom. The van der Waals surface area contributed by atoms with Gasteiger partial charge in [-0.25, -0.2) is 9.97 Å². The molecule has 1 aromatic heterocycles. The summed E-state index contributed by atoms with van der Waals surface area (Å²) in [7, 11) is 0. The number of hydrogen-bond acceptors (Lipinski definition) is 3. The van der Waals surface area contributed by atoms with Crippen LogP contribution in [0.1, 0.15) is 134 Å². The summed E-state index contributed by atoms with van der Waals surface area (Å²) in [5.74, 6) is 1.36. The minimum absolute atomic E-state index is 0.112. The van der Waals surface area contributed by atoms with Crippen LogP contribution in [-0.4, -0.2) is 9.97 Å². The zero-order valence-corrected chi connectivity index (χ0v) is 22.4. The van der Waals surface area contributed by atoms with Gasteiger partial charge >= 0.3 is 0 Å². The lowest BCUT2D eigenvalue weighted by molar-refractivity contribution is 0.219. The second-order valence-corrected chi connectivity index (χ2v) is 10.9. The Hall–Kier alpha value is -2.21. The summed E-state index contributed by atoms with van der Waals surface area (Å²) in [6.45, 7) is 4.52. The summed E-state index contributed by atoms with van der Waals surface area (Å²) in [6, 6.07) is 11.7. The van der Waals surface area contributed by atoms with E-state index >= 15 is 0 Å². The highest BCUT2D eigenvalue weighted by Crippen LogP contribution is 2.45. The number of nitrogens with zero attached hydrogens (tertiary/aromatic N) is 3. The molecule has 190 valence electrons. The van der Waals surface area contributed by atoms with E-state index in [9.17, 15) is 5.26 Å². The zero-order chi connectivity index (χ0) is 24.8. The average Bonchev–Trinajstić information content (AvgIpc) is 2.91. The van der Waals surface area contributed by atoms with Gasteiger partial charge in [-0.15, -0.1) is 0 Å². The van der Waals surface area contributed by atoms with Crippen LogP contribution in [0.3, 0.4) is 0 Å². The highest BCUT2D eigenvalue weighted by Gasteiger charge is 2.36. The van der Waals surface area contributed by atoms with Gasteiger partial charge in [0.05, 0.1) is 11.5 Å². The normalized spacial score (nSPS) is 20.0. The van der Waals surface area contributed by atoms with Gasteiger partial charge in [0, 0.05) is 23.9 Å². The van der Waals surface area contributed by atoms with Crippen LogP contribution in [0.25, 0.3) is 11.1 Å². The molecule has 2 aromatic rings. The van der Waals surface area contributed by atoms with Gasteiger partial charge in [-0.1, -0.05) is 102 Å². The average molecular weight is 474 g/mol. The molecule has 0 amide bonds. The summed E-state index contributed by atoms with van der Waals surface area (Å²) >= 11 is 0. The molecule has 1 fully saturated rings. The molecule has 0 bridgehead atoms. The maximum atomic E-state index is 9.92. The van der Waals surface area contributed by atoms with E-state index in [-0.39, 0.29) is 5.41 Å². The van der Waals surface area contributed by atoms with Crippen LogP contribution in [0.5, 0.6) is 0 Å². The molecule has 35 heavy (non-hydrogen) atoms. The van der Waals surface area contributed by atoms with Gasteiger partial charge in [0.25, 0.3) is 0 Å². The second kappa shape index (κ2) is 15.0. The second-order valence-electron chi connectivity index (χ2n) is 10.9. The monoisotopic (exact) mass is 473 g/mol. The first kappa shape index (κ1) is 27.4. The van der Waals surface area contributed by atoms with Gasteiger partial charge in [-0.2, -0.15) is 5.26 Å². The number of aryl methyl sites for hydroxylation is 1. The van der Waals surface area contributed by atoms with E-state index in [0.29, 0.717) is 5.92 Å². The maximum absolute atomic E-state index is 9.92. The van der Waals surface area contributed by atoms with Gasteiger partial charge in [0.15, 0.2) is 0 Å². The van der Waals surface area contributed by atoms with Crippen LogP contribution in [0.2, 0.25) is 0 Å². The third-order valence-corrected chi connectivity index (χ3v) is 8.08. The summed E-state index contributed by atoms with van der Waals surface area (Å²) in [5.41, 5.74) is 3.59. The Balaban J connectivity index is 1.46. The van der Waals surface area contributed by atoms with Crippen molar-refractivity contribution >= 4 is 0 Å². The number of unbranched alkanes of at least 4 members (excludes halogenated alkanes) is 9. The lowest BCUT2D eigenvalue weighted by Gasteiger charge is -2.34. The Morgan fingerprint density at radius 2 is 1.34 bits per heavy atom. The molecule has 0 saturated heterocycles. The lowest BCUT2D eigenvalue weighted by atomic mass is 9.68. The Morgan fingerprint density at radius 1 is 0.771 bits per heavy atom. The number of rotatable bonds is 15. The SMILES string of the molecule is CCCCCCCCC1(C#N)CCC(c2ncc(-c3ccc(CCCCCCC)cc3)cn2)CC1. The molecule has 3 nitrogen and oxygen atoms in total. The number of aromatic nitrogens is 2. The molecule has 0 radical (unpaired) electrons. The van der Waals surface area contributed by atoms with Crippen molar-refractivity contribution in [3.05, 3.63) is 48.0 Å². The molecule has 0 atom stereocenters. The molecule has 1 aliphatic carbocycles. The highest BCUT2D eigenvalue weighted by molar-refractivity contribution is 5.61. The largest absolute Gasteiger partial charge is 0.240 e. The van der Waals surface area contributed by atoms with Crippen LogP contribution >= 0.6 is 0 Å². The topological polar surface area (TPSA) is 49.6 Å². The third-order valence-electron chi connectivity index (χ3n) is 8.08. The van der Waals surface area contributed by atoms with Crippen molar-refractivity contribution in [2.45, 2.75) is 129 Å². The molecule has 1 aromatic carbocycles. The first-order valence-electron chi connectivity index (χ1n) is 14.5. The fraction of sp³-hybridized carbons (Fsp3) is 0.656. The van der Waals surface area contributed by atoms with Gasteiger partial charge in [-0.3, -0.25) is 0 Å². The van der Waals surface area contributed by atoms with Gasteiger partial charge in [0.2, 0.25) is 0 Å². The van der Waals surface area contributed by atoms with Crippen LogP contribution in [0.15, 0.2) is 36.7 Å². The van der Waals surface area contributed by atoms with Crippen molar-refractivity contribution in [1.29, 1.82) is 5.26 Å². The number of hydrogen-bond donors (Lipinski definition) is 0. The smallest absolute Gasteiger partial charge is 0.131 e. The van der Waals surface area contributed by atoms with E-state index in [2.05, 4.69) is 44.2 Å². The molecule has 0 spiro atoms. The van der Waals surface area contributed by atoms with Crippen molar-refractivity contribution in [3.8, 4) is 17.2 Å². The Kier molecular flexibility index (Phi) is 11.8. The van der Waals surface area contributed by atoms with Gasteiger partial charge < -0.3 is 0 Å². The Bertz CT molecular complexity index is 871. The fourth-order valence-corrected chi connectivity index (χ4v) is 5.58.